The van der Waals surface area contributed by atoms with Crippen LogP contribution in [0.4, 0.5) is 4.79 Å². The number of benzene rings is 2. The van der Waals surface area contributed by atoms with Crippen LogP contribution in [0.15, 0.2) is 48.5 Å². The number of hydrogen-bond donors (Lipinski definition) is 0. The molecule has 2 aliphatic rings. The Bertz CT molecular complexity index is 1120. The normalized spacial score (nSPS) is 18.0. The topological polar surface area (TPSA) is 93.2 Å². The maximum Gasteiger partial charge on any atom is 0.410 e. The highest BCUT2D eigenvalue weighted by Gasteiger charge is 2.44. The summed E-state index contributed by atoms with van der Waals surface area (Å²) in [5.74, 6) is -0.820. The predicted molar refractivity (Wildman–Crippen MR) is 123 cm³/mol. The average Bonchev–Trinajstić information content (AvgIpc) is 3.13. The molecular weight excluding hydrogens is 436 g/mol. The first-order valence-corrected chi connectivity index (χ1v) is 11.3. The standard InChI is InChI=1S/C26H28N2O6/c1-26(2,3)34-25(32)27-13-12-19(29)14-20(27)23(30)28-15-18-10-7-11-21(22(18)24(28)31)33-16-17-8-5-4-6-9-17/h4-11,20H,12-16H2,1-3H3. The highest BCUT2D eigenvalue weighted by Crippen LogP contribution is 2.33. The molecule has 2 aliphatic heterocycles. The van der Waals surface area contributed by atoms with Crippen LogP contribution in [0.3, 0.4) is 0 Å². The lowest BCUT2D eigenvalue weighted by Gasteiger charge is -2.36. The number of likely N-dealkylation sites (tertiary alicyclic amines) is 1. The summed E-state index contributed by atoms with van der Waals surface area (Å²) in [6, 6.07) is 13.7. The molecule has 1 fully saturated rings. The van der Waals surface area contributed by atoms with Crippen LogP contribution in [0.2, 0.25) is 0 Å². The second-order valence-electron chi connectivity index (χ2n) is 9.48. The van der Waals surface area contributed by atoms with E-state index in [0.29, 0.717) is 16.9 Å². The van der Waals surface area contributed by atoms with E-state index in [1.165, 1.54) is 4.90 Å². The number of hydrogen-bond acceptors (Lipinski definition) is 6. The zero-order valence-electron chi connectivity index (χ0n) is 19.6. The third kappa shape index (κ3) is 4.95. The molecule has 2 aromatic carbocycles. The van der Waals surface area contributed by atoms with Gasteiger partial charge in [0.2, 0.25) is 0 Å². The lowest BCUT2D eigenvalue weighted by molar-refractivity contribution is -0.139. The number of fused-ring (bicyclic) bond motifs is 1. The minimum absolute atomic E-state index is 0.0579. The Kier molecular flexibility index (Phi) is 6.41. The van der Waals surface area contributed by atoms with Crippen LogP contribution in [0.5, 0.6) is 5.75 Å². The molecule has 178 valence electrons. The zero-order valence-corrected chi connectivity index (χ0v) is 19.6. The van der Waals surface area contributed by atoms with E-state index in [2.05, 4.69) is 0 Å². The van der Waals surface area contributed by atoms with Gasteiger partial charge in [-0.05, 0) is 38.0 Å². The van der Waals surface area contributed by atoms with Crippen molar-refractivity contribution in [1.82, 2.24) is 9.80 Å². The Balaban J connectivity index is 1.54. The van der Waals surface area contributed by atoms with Gasteiger partial charge in [-0.3, -0.25) is 24.2 Å². The van der Waals surface area contributed by atoms with Crippen LogP contribution in [0.25, 0.3) is 0 Å². The SMILES string of the molecule is CC(C)(C)OC(=O)N1CCC(=O)CC1C(=O)N1Cc2cccc(OCc3ccccc3)c2C1=O. The van der Waals surface area contributed by atoms with Gasteiger partial charge < -0.3 is 9.47 Å². The van der Waals surface area contributed by atoms with Crippen molar-refractivity contribution in [3.05, 3.63) is 65.2 Å². The van der Waals surface area contributed by atoms with E-state index in [0.717, 1.165) is 10.5 Å². The molecule has 34 heavy (non-hydrogen) atoms. The van der Waals surface area contributed by atoms with Crippen molar-refractivity contribution in [3.63, 3.8) is 0 Å². The summed E-state index contributed by atoms with van der Waals surface area (Å²) in [4.78, 5) is 54.0. The number of Topliss-reactive ketones (excluding diaryl/α,β-unsaturated/α-hetero) is 1. The number of carbonyl (C=O) groups is 4. The van der Waals surface area contributed by atoms with Crippen molar-refractivity contribution in [3.8, 4) is 5.75 Å². The Morgan fingerprint density at radius 2 is 1.76 bits per heavy atom. The van der Waals surface area contributed by atoms with E-state index in [-0.39, 0.29) is 38.3 Å². The molecule has 0 radical (unpaired) electrons. The Hall–Kier alpha value is -3.68. The number of nitrogens with zero attached hydrogens (tertiary/aromatic N) is 2. The molecule has 8 nitrogen and oxygen atoms in total. The van der Waals surface area contributed by atoms with Gasteiger partial charge in [0, 0.05) is 19.4 Å². The van der Waals surface area contributed by atoms with Crippen LogP contribution in [0.1, 0.15) is 55.1 Å². The maximum atomic E-state index is 13.5. The minimum Gasteiger partial charge on any atom is -0.488 e. The van der Waals surface area contributed by atoms with E-state index in [1.807, 2.05) is 30.3 Å². The quantitative estimate of drug-likeness (QED) is 0.641. The molecule has 0 aromatic heterocycles. The molecule has 0 aliphatic carbocycles. The fraction of sp³-hybridized carbons (Fsp3) is 0.385. The molecule has 1 atom stereocenters. The fourth-order valence-electron chi connectivity index (χ4n) is 4.13. The molecule has 2 heterocycles. The third-order valence-corrected chi connectivity index (χ3v) is 5.75. The molecular formula is C26H28N2O6. The lowest BCUT2D eigenvalue weighted by atomic mass is 10.00. The van der Waals surface area contributed by atoms with Gasteiger partial charge in [0.25, 0.3) is 11.8 Å². The molecule has 0 bridgehead atoms. The zero-order chi connectivity index (χ0) is 24.5. The summed E-state index contributed by atoms with van der Waals surface area (Å²) in [5.41, 5.74) is 1.19. The van der Waals surface area contributed by atoms with Gasteiger partial charge in [-0.2, -0.15) is 0 Å². The highest BCUT2D eigenvalue weighted by atomic mass is 16.6. The largest absolute Gasteiger partial charge is 0.488 e. The smallest absolute Gasteiger partial charge is 0.410 e. The number of imide groups is 1. The van der Waals surface area contributed by atoms with E-state index in [4.69, 9.17) is 9.47 Å². The molecule has 0 saturated carbocycles. The van der Waals surface area contributed by atoms with Gasteiger partial charge >= 0.3 is 6.09 Å². The Morgan fingerprint density at radius 1 is 1.03 bits per heavy atom. The first kappa shape index (κ1) is 23.5. The van der Waals surface area contributed by atoms with Crippen molar-refractivity contribution in [2.75, 3.05) is 6.54 Å². The number of piperidine rings is 1. The predicted octanol–water partition coefficient (Wildman–Crippen LogP) is 3.72. The van der Waals surface area contributed by atoms with E-state index >= 15 is 0 Å². The number of carbonyl (C=O) groups excluding carboxylic acids is 4. The van der Waals surface area contributed by atoms with Crippen molar-refractivity contribution in [1.29, 1.82) is 0 Å². The third-order valence-electron chi connectivity index (χ3n) is 5.75. The van der Waals surface area contributed by atoms with Gasteiger partial charge in [0.15, 0.2) is 0 Å². The first-order valence-electron chi connectivity index (χ1n) is 11.3. The summed E-state index contributed by atoms with van der Waals surface area (Å²) < 4.78 is 11.3. The van der Waals surface area contributed by atoms with Crippen LogP contribution < -0.4 is 4.74 Å². The van der Waals surface area contributed by atoms with Gasteiger partial charge in [0.05, 0.1) is 12.1 Å². The van der Waals surface area contributed by atoms with Gasteiger partial charge in [-0.25, -0.2) is 4.79 Å². The van der Waals surface area contributed by atoms with E-state index < -0.39 is 29.6 Å². The Morgan fingerprint density at radius 3 is 2.47 bits per heavy atom. The molecule has 2 aromatic rings. The minimum atomic E-state index is -1.08. The number of ether oxygens (including phenoxy) is 2. The average molecular weight is 465 g/mol. The monoisotopic (exact) mass is 464 g/mol. The molecule has 8 heteroatoms. The number of rotatable bonds is 4. The Labute approximate surface area is 198 Å². The molecule has 0 spiro atoms. The summed E-state index contributed by atoms with van der Waals surface area (Å²) in [6.45, 7) is 5.60. The fourth-order valence-corrected chi connectivity index (χ4v) is 4.13. The second kappa shape index (κ2) is 9.29. The van der Waals surface area contributed by atoms with E-state index in [9.17, 15) is 19.2 Å². The molecule has 3 amide bonds. The van der Waals surface area contributed by atoms with Crippen LogP contribution in [-0.4, -0.2) is 51.7 Å². The molecule has 4 rings (SSSR count). The van der Waals surface area contributed by atoms with Crippen LogP contribution in [0, 0.1) is 0 Å². The summed E-state index contributed by atoms with van der Waals surface area (Å²) in [6.07, 6.45) is -0.668. The van der Waals surface area contributed by atoms with Crippen molar-refractivity contribution >= 4 is 23.7 Å². The van der Waals surface area contributed by atoms with Gasteiger partial charge in [0.1, 0.15) is 29.8 Å². The van der Waals surface area contributed by atoms with Crippen molar-refractivity contribution in [2.45, 2.75) is 58.4 Å². The summed E-state index contributed by atoms with van der Waals surface area (Å²) >= 11 is 0. The molecule has 1 saturated heterocycles. The highest BCUT2D eigenvalue weighted by molar-refractivity contribution is 6.11. The summed E-state index contributed by atoms with van der Waals surface area (Å²) in [5, 5.41) is 0. The number of ketones is 1. The van der Waals surface area contributed by atoms with Crippen LogP contribution >= 0.6 is 0 Å². The molecule has 0 N–H and O–H groups in total. The second-order valence-corrected chi connectivity index (χ2v) is 9.48. The molecule has 1 unspecified atom stereocenters. The maximum absolute atomic E-state index is 13.5. The van der Waals surface area contributed by atoms with E-state index in [1.54, 1.807) is 39.0 Å². The van der Waals surface area contributed by atoms with Gasteiger partial charge in [-0.1, -0.05) is 42.5 Å². The van der Waals surface area contributed by atoms with Crippen LogP contribution in [-0.2, 0) is 27.5 Å². The van der Waals surface area contributed by atoms with Crippen molar-refractivity contribution in [2.24, 2.45) is 0 Å². The summed E-state index contributed by atoms with van der Waals surface area (Å²) in [7, 11) is 0. The van der Waals surface area contributed by atoms with Crippen molar-refractivity contribution < 1.29 is 28.7 Å². The first-order chi connectivity index (χ1) is 16.1. The van der Waals surface area contributed by atoms with Gasteiger partial charge in [-0.15, -0.1) is 0 Å². The lowest BCUT2D eigenvalue weighted by Crippen LogP contribution is -2.55. The number of amides is 3.